The smallest absolute Gasteiger partial charge is 0.368 e. The molecule has 0 aliphatic heterocycles. The number of aryl methyl sites for hydroxylation is 1. The van der Waals surface area contributed by atoms with Gasteiger partial charge < -0.3 is 11.1 Å². The van der Waals surface area contributed by atoms with Crippen LogP contribution in [0.5, 0.6) is 0 Å². The van der Waals surface area contributed by atoms with Crippen LogP contribution in [0.25, 0.3) is 0 Å². The molecule has 1 unspecified atom stereocenters. The quantitative estimate of drug-likeness (QED) is 0.484. The van der Waals surface area contributed by atoms with Crippen molar-refractivity contribution in [2.24, 2.45) is 5.73 Å². The number of nitrogens with zero attached hydrogens (tertiary/aromatic N) is 2. The highest BCUT2D eigenvalue weighted by atomic mass is 19.4. The molecule has 3 rings (SSSR count). The summed E-state index contributed by atoms with van der Waals surface area (Å²) in [7, 11) is 0. The van der Waals surface area contributed by atoms with Gasteiger partial charge in [0.15, 0.2) is 0 Å². The number of hydrogen-bond donors (Lipinski definition) is 2. The van der Waals surface area contributed by atoms with Crippen molar-refractivity contribution in [1.82, 2.24) is 9.97 Å². The van der Waals surface area contributed by atoms with Gasteiger partial charge in [0, 0.05) is 28.3 Å². The number of carbonyl (C=O) groups is 1. The number of halogens is 3. The minimum absolute atomic E-state index is 0. The van der Waals surface area contributed by atoms with Crippen molar-refractivity contribution in [1.29, 1.82) is 0 Å². The van der Waals surface area contributed by atoms with E-state index in [4.69, 9.17) is 5.73 Å². The van der Waals surface area contributed by atoms with E-state index in [0.29, 0.717) is 12.1 Å². The number of hydrogen-bond acceptors (Lipinski definition) is 5. The van der Waals surface area contributed by atoms with Gasteiger partial charge in [0.2, 0.25) is 5.78 Å². The zero-order valence-electron chi connectivity index (χ0n) is 17.2. The standard InChI is InChI=1S/C23H23F3N4O.3H2/c1-3-22(27,16-8-5-4-6-9-16)14-29-19-12-11-18(23(24,25)26)20(30-19)21(31)17-10-7-13-28-15(17)2;;;/h4-13H,3,14,27H2,1-2H3,(H,29,30);3*1H. The summed E-state index contributed by atoms with van der Waals surface area (Å²) in [5, 5.41) is 3.00. The van der Waals surface area contributed by atoms with Crippen LogP contribution in [-0.4, -0.2) is 22.3 Å². The molecule has 1 atom stereocenters. The topological polar surface area (TPSA) is 80.9 Å². The number of aromatic nitrogens is 2. The fourth-order valence-corrected chi connectivity index (χ4v) is 3.26. The molecule has 0 aliphatic rings. The second-order valence-electron chi connectivity index (χ2n) is 7.29. The largest absolute Gasteiger partial charge is 0.418 e. The van der Waals surface area contributed by atoms with Crippen molar-refractivity contribution in [2.45, 2.75) is 32.0 Å². The van der Waals surface area contributed by atoms with E-state index in [2.05, 4.69) is 15.3 Å². The lowest BCUT2D eigenvalue weighted by Gasteiger charge is -2.29. The average Bonchev–Trinajstić information content (AvgIpc) is 2.77. The molecule has 8 heteroatoms. The fourth-order valence-electron chi connectivity index (χ4n) is 3.26. The third-order valence-corrected chi connectivity index (χ3v) is 5.23. The van der Waals surface area contributed by atoms with Crippen molar-refractivity contribution in [2.75, 3.05) is 11.9 Å². The maximum Gasteiger partial charge on any atom is 0.418 e. The lowest BCUT2D eigenvalue weighted by atomic mass is 9.88. The Kier molecular flexibility index (Phi) is 6.40. The zero-order valence-corrected chi connectivity index (χ0v) is 17.2. The Morgan fingerprint density at radius 3 is 2.42 bits per heavy atom. The minimum Gasteiger partial charge on any atom is -0.368 e. The zero-order chi connectivity index (χ0) is 22.6. The van der Waals surface area contributed by atoms with Gasteiger partial charge in [-0.25, -0.2) is 4.98 Å². The first kappa shape index (κ1) is 22.4. The lowest BCUT2D eigenvalue weighted by molar-refractivity contribution is -0.138. The van der Waals surface area contributed by atoms with Crippen LogP contribution in [0.4, 0.5) is 19.0 Å². The molecule has 0 bridgehead atoms. The van der Waals surface area contributed by atoms with Crippen LogP contribution in [0, 0.1) is 6.92 Å². The van der Waals surface area contributed by atoms with Crippen LogP contribution in [-0.2, 0) is 11.7 Å². The van der Waals surface area contributed by atoms with Crippen molar-refractivity contribution in [3.8, 4) is 0 Å². The summed E-state index contributed by atoms with van der Waals surface area (Å²) in [6.45, 7) is 3.72. The molecule has 2 aromatic heterocycles. The predicted octanol–water partition coefficient (Wildman–Crippen LogP) is 5.45. The third-order valence-electron chi connectivity index (χ3n) is 5.23. The number of nitrogens with two attached hydrogens (primary N) is 1. The van der Waals surface area contributed by atoms with E-state index < -0.39 is 28.8 Å². The lowest BCUT2D eigenvalue weighted by Crippen LogP contribution is -2.42. The maximum atomic E-state index is 13.6. The average molecular weight is 435 g/mol. The first-order chi connectivity index (χ1) is 14.7. The Bertz CT molecular complexity index is 1080. The maximum absolute atomic E-state index is 13.6. The van der Waals surface area contributed by atoms with E-state index in [-0.39, 0.29) is 22.2 Å². The molecule has 2 heterocycles. The number of anilines is 1. The van der Waals surface area contributed by atoms with E-state index in [1.165, 1.54) is 24.4 Å². The number of ketones is 1. The van der Waals surface area contributed by atoms with Crippen LogP contribution >= 0.6 is 0 Å². The van der Waals surface area contributed by atoms with Crippen molar-refractivity contribution < 1.29 is 22.2 Å². The van der Waals surface area contributed by atoms with Gasteiger partial charge in [-0.15, -0.1) is 0 Å². The first-order valence-electron chi connectivity index (χ1n) is 9.78. The van der Waals surface area contributed by atoms with Crippen LogP contribution in [0.1, 0.15) is 50.5 Å². The molecule has 3 aromatic rings. The number of nitrogens with one attached hydrogen (secondary N) is 1. The molecule has 31 heavy (non-hydrogen) atoms. The molecule has 3 N–H and O–H groups in total. The monoisotopic (exact) mass is 434 g/mol. The molecule has 0 saturated carbocycles. The Hall–Kier alpha value is -3.26. The SMILES string of the molecule is CCC(N)(CNc1ccc(C(F)(F)F)c(C(=O)c2cccnc2C)n1)c1ccccc1.[HH].[HH].[HH]. The number of pyridine rings is 2. The Morgan fingerprint density at radius 2 is 1.81 bits per heavy atom. The number of rotatable bonds is 7. The van der Waals surface area contributed by atoms with Gasteiger partial charge in [0.25, 0.3) is 0 Å². The minimum atomic E-state index is -4.72. The van der Waals surface area contributed by atoms with Crippen molar-refractivity contribution >= 4 is 11.6 Å². The summed E-state index contributed by atoms with van der Waals surface area (Å²) < 4.78 is 40.7. The Morgan fingerprint density at radius 1 is 1.10 bits per heavy atom. The molecule has 1 aromatic carbocycles. The summed E-state index contributed by atoms with van der Waals surface area (Å²) in [4.78, 5) is 20.9. The van der Waals surface area contributed by atoms with Gasteiger partial charge in [-0.3, -0.25) is 9.78 Å². The summed E-state index contributed by atoms with van der Waals surface area (Å²) in [5.74, 6) is -0.698. The summed E-state index contributed by atoms with van der Waals surface area (Å²) in [5.41, 5.74) is 5.30. The van der Waals surface area contributed by atoms with Gasteiger partial charge >= 0.3 is 6.18 Å². The molecular weight excluding hydrogens is 405 g/mol. The second kappa shape index (κ2) is 8.85. The predicted molar refractivity (Wildman–Crippen MR) is 119 cm³/mol. The van der Waals surface area contributed by atoms with Crippen molar-refractivity contribution in [3.05, 3.63) is 88.9 Å². The summed E-state index contributed by atoms with van der Waals surface area (Å²) in [6, 6.07) is 14.4. The van der Waals surface area contributed by atoms with Crippen LogP contribution in [0.2, 0.25) is 0 Å². The number of carbonyl (C=O) groups excluding carboxylic acids is 1. The summed E-state index contributed by atoms with van der Waals surface area (Å²) >= 11 is 0. The van der Waals surface area contributed by atoms with E-state index in [0.717, 1.165) is 11.6 Å². The van der Waals surface area contributed by atoms with Crippen molar-refractivity contribution in [3.63, 3.8) is 0 Å². The Labute approximate surface area is 183 Å². The van der Waals surface area contributed by atoms with Gasteiger partial charge in [-0.1, -0.05) is 37.3 Å². The number of alkyl halides is 3. The van der Waals surface area contributed by atoms with Gasteiger partial charge in [0.05, 0.1) is 11.1 Å². The first-order valence-corrected chi connectivity index (χ1v) is 9.78. The van der Waals surface area contributed by atoms with Gasteiger partial charge in [0.1, 0.15) is 11.5 Å². The molecule has 168 valence electrons. The molecule has 0 spiro atoms. The Balaban J connectivity index is 0.00000363. The molecule has 0 amide bonds. The highest BCUT2D eigenvalue weighted by Crippen LogP contribution is 2.33. The normalized spacial score (nSPS) is 13.5. The van der Waals surface area contributed by atoms with Crippen LogP contribution in [0.3, 0.4) is 0 Å². The van der Waals surface area contributed by atoms with E-state index in [1.54, 1.807) is 6.92 Å². The molecule has 0 radical (unpaired) electrons. The summed E-state index contributed by atoms with van der Waals surface area (Å²) in [6.07, 6.45) is -2.67. The third kappa shape index (κ3) is 4.91. The molecule has 5 nitrogen and oxygen atoms in total. The second-order valence-corrected chi connectivity index (χ2v) is 7.29. The molecule has 0 saturated heterocycles. The molecule has 0 aliphatic carbocycles. The fraction of sp³-hybridized carbons (Fsp3) is 0.261. The number of benzene rings is 1. The van der Waals surface area contributed by atoms with Gasteiger partial charge in [-0.05, 0) is 43.2 Å². The van der Waals surface area contributed by atoms with E-state index >= 15 is 0 Å². The van der Waals surface area contributed by atoms with Crippen LogP contribution in [0.15, 0.2) is 60.8 Å². The highest BCUT2D eigenvalue weighted by Gasteiger charge is 2.37. The van der Waals surface area contributed by atoms with Gasteiger partial charge in [-0.2, -0.15) is 13.2 Å². The van der Waals surface area contributed by atoms with Crippen LogP contribution < -0.4 is 11.1 Å². The molecule has 0 fully saturated rings. The van der Waals surface area contributed by atoms with E-state index in [9.17, 15) is 18.0 Å². The highest BCUT2D eigenvalue weighted by molar-refractivity contribution is 6.09. The molecular formula is C23H29F3N4O. The van der Waals surface area contributed by atoms with E-state index in [1.807, 2.05) is 37.3 Å².